The summed E-state index contributed by atoms with van der Waals surface area (Å²) in [6.07, 6.45) is 3.89. The monoisotopic (exact) mass is 414 g/mol. The van der Waals surface area contributed by atoms with Gasteiger partial charge in [-0.25, -0.2) is 4.79 Å². The summed E-state index contributed by atoms with van der Waals surface area (Å²) in [7, 11) is 1.50. The SMILES string of the molecule is CCCc1c(OCCOc2ccc(C=CC(=O)O)cc2OC)ccc(C(C)=O)c1O. The van der Waals surface area contributed by atoms with Crippen LogP contribution in [0, 0.1) is 0 Å². The lowest BCUT2D eigenvalue weighted by atomic mass is 10.0. The lowest BCUT2D eigenvalue weighted by Gasteiger charge is -2.15. The standard InChI is InChI=1S/C23H26O7/c1-4-5-18-19(10-8-17(15(2)24)23(18)27)29-12-13-30-20-9-6-16(7-11-22(25)26)14-21(20)28-3/h6-11,14,27H,4-5,12-13H2,1-3H3,(H,25,26). The molecule has 0 saturated carbocycles. The first-order chi connectivity index (χ1) is 14.4. The maximum absolute atomic E-state index is 11.6. The molecule has 0 aliphatic carbocycles. The van der Waals surface area contributed by atoms with Gasteiger partial charge in [-0.1, -0.05) is 19.4 Å². The van der Waals surface area contributed by atoms with E-state index >= 15 is 0 Å². The average molecular weight is 414 g/mol. The van der Waals surface area contributed by atoms with E-state index in [0.717, 1.165) is 12.5 Å². The second kappa shape index (κ2) is 10.9. The molecule has 0 fully saturated rings. The minimum absolute atomic E-state index is 0.0329. The predicted octanol–water partition coefficient (Wildman–Crippen LogP) is 4.11. The fraction of sp³-hybridized carbons (Fsp3) is 0.304. The number of ketones is 1. The Morgan fingerprint density at radius 2 is 1.70 bits per heavy atom. The lowest BCUT2D eigenvalue weighted by molar-refractivity contribution is -0.131. The highest BCUT2D eigenvalue weighted by Crippen LogP contribution is 2.33. The molecular weight excluding hydrogens is 388 g/mol. The number of phenolic OH excluding ortho intramolecular Hbond substituents is 1. The summed E-state index contributed by atoms with van der Waals surface area (Å²) in [6.45, 7) is 3.84. The molecule has 0 heterocycles. The van der Waals surface area contributed by atoms with E-state index in [4.69, 9.17) is 19.3 Å². The van der Waals surface area contributed by atoms with Gasteiger partial charge in [0.25, 0.3) is 0 Å². The number of phenols is 1. The van der Waals surface area contributed by atoms with Gasteiger partial charge in [-0.2, -0.15) is 0 Å². The molecule has 0 aliphatic heterocycles. The van der Waals surface area contributed by atoms with Crippen LogP contribution in [0.25, 0.3) is 6.08 Å². The Hall–Kier alpha value is -3.48. The van der Waals surface area contributed by atoms with Gasteiger partial charge in [0.2, 0.25) is 0 Å². The number of ether oxygens (including phenoxy) is 3. The fourth-order valence-electron chi connectivity index (χ4n) is 2.91. The number of carboxylic acid groups (broad SMARTS) is 1. The van der Waals surface area contributed by atoms with Gasteiger partial charge < -0.3 is 24.4 Å². The zero-order valence-corrected chi connectivity index (χ0v) is 17.3. The van der Waals surface area contributed by atoms with E-state index in [2.05, 4.69) is 0 Å². The van der Waals surface area contributed by atoms with Gasteiger partial charge in [-0.3, -0.25) is 4.79 Å². The number of hydrogen-bond acceptors (Lipinski definition) is 6. The lowest BCUT2D eigenvalue weighted by Crippen LogP contribution is -2.11. The average Bonchev–Trinajstić information content (AvgIpc) is 2.72. The number of aromatic hydroxyl groups is 1. The third-order valence-electron chi connectivity index (χ3n) is 4.32. The van der Waals surface area contributed by atoms with Gasteiger partial charge in [0.15, 0.2) is 17.3 Å². The van der Waals surface area contributed by atoms with Crippen LogP contribution in [0.4, 0.5) is 0 Å². The maximum Gasteiger partial charge on any atom is 0.328 e. The molecule has 0 unspecified atom stereocenters. The van der Waals surface area contributed by atoms with Gasteiger partial charge >= 0.3 is 5.97 Å². The van der Waals surface area contributed by atoms with Crippen molar-refractivity contribution in [3.63, 3.8) is 0 Å². The van der Waals surface area contributed by atoms with Crippen molar-refractivity contribution in [3.8, 4) is 23.0 Å². The van der Waals surface area contributed by atoms with Crippen molar-refractivity contribution in [1.82, 2.24) is 0 Å². The second-order valence-electron chi connectivity index (χ2n) is 6.52. The first-order valence-corrected chi connectivity index (χ1v) is 9.57. The first-order valence-electron chi connectivity index (χ1n) is 9.57. The molecule has 2 N–H and O–H groups in total. The highest BCUT2D eigenvalue weighted by molar-refractivity contribution is 5.97. The Kier molecular flexibility index (Phi) is 8.29. The van der Waals surface area contributed by atoms with E-state index in [9.17, 15) is 14.7 Å². The van der Waals surface area contributed by atoms with Crippen molar-refractivity contribution in [1.29, 1.82) is 0 Å². The number of Topliss-reactive ketones (excluding diaryl/α,β-unsaturated/α-hetero) is 1. The number of carbonyl (C=O) groups excluding carboxylic acids is 1. The second-order valence-corrected chi connectivity index (χ2v) is 6.52. The Morgan fingerprint density at radius 3 is 2.30 bits per heavy atom. The van der Waals surface area contributed by atoms with E-state index < -0.39 is 5.97 Å². The topological polar surface area (TPSA) is 102 Å². The summed E-state index contributed by atoms with van der Waals surface area (Å²) < 4.78 is 16.8. The molecule has 7 heteroatoms. The van der Waals surface area contributed by atoms with Gasteiger partial charge in [0.05, 0.1) is 12.7 Å². The number of carboxylic acids is 1. The van der Waals surface area contributed by atoms with Gasteiger partial charge in [0, 0.05) is 11.6 Å². The Labute approximate surface area is 175 Å². The molecule has 0 atom stereocenters. The zero-order chi connectivity index (χ0) is 22.1. The minimum atomic E-state index is -1.03. The highest BCUT2D eigenvalue weighted by Gasteiger charge is 2.16. The molecule has 30 heavy (non-hydrogen) atoms. The smallest absolute Gasteiger partial charge is 0.328 e. The summed E-state index contributed by atoms with van der Waals surface area (Å²) in [5, 5.41) is 19.1. The van der Waals surface area contributed by atoms with Crippen LogP contribution in [-0.2, 0) is 11.2 Å². The van der Waals surface area contributed by atoms with Crippen LogP contribution in [0.15, 0.2) is 36.4 Å². The molecule has 0 spiro atoms. The summed E-state index contributed by atoms with van der Waals surface area (Å²) in [5.41, 5.74) is 1.56. The quantitative estimate of drug-likeness (QED) is 0.324. The third kappa shape index (κ3) is 6.01. The molecule has 160 valence electrons. The Balaban J connectivity index is 2.03. The maximum atomic E-state index is 11.6. The van der Waals surface area contributed by atoms with Crippen LogP contribution in [0.5, 0.6) is 23.0 Å². The van der Waals surface area contributed by atoms with E-state index in [0.29, 0.717) is 34.8 Å². The highest BCUT2D eigenvalue weighted by atomic mass is 16.5. The number of benzene rings is 2. The molecule has 2 aromatic rings. The van der Waals surface area contributed by atoms with Crippen LogP contribution in [0.3, 0.4) is 0 Å². The first kappa shape index (κ1) is 22.8. The van der Waals surface area contributed by atoms with Gasteiger partial charge in [-0.15, -0.1) is 0 Å². The molecule has 0 aliphatic rings. The van der Waals surface area contributed by atoms with Gasteiger partial charge in [0.1, 0.15) is 24.7 Å². The Bertz CT molecular complexity index is 931. The summed E-state index contributed by atoms with van der Waals surface area (Å²) >= 11 is 0. The zero-order valence-electron chi connectivity index (χ0n) is 17.3. The van der Waals surface area contributed by atoms with Crippen molar-refractivity contribution in [3.05, 3.63) is 53.1 Å². The third-order valence-corrected chi connectivity index (χ3v) is 4.32. The normalized spacial score (nSPS) is 10.8. The van der Waals surface area contributed by atoms with E-state index in [1.54, 1.807) is 30.3 Å². The Morgan fingerprint density at radius 1 is 1.03 bits per heavy atom. The predicted molar refractivity (Wildman–Crippen MR) is 113 cm³/mol. The van der Waals surface area contributed by atoms with E-state index in [-0.39, 0.29) is 30.3 Å². The molecule has 2 rings (SSSR count). The fourth-order valence-corrected chi connectivity index (χ4v) is 2.91. The molecular formula is C23H26O7. The number of aliphatic carboxylic acids is 1. The van der Waals surface area contributed by atoms with Crippen molar-refractivity contribution in [2.24, 2.45) is 0 Å². The van der Waals surface area contributed by atoms with Crippen LogP contribution >= 0.6 is 0 Å². The van der Waals surface area contributed by atoms with E-state index in [1.165, 1.54) is 20.1 Å². The van der Waals surface area contributed by atoms with Crippen molar-refractivity contribution in [2.75, 3.05) is 20.3 Å². The van der Waals surface area contributed by atoms with Crippen LogP contribution in [0.1, 0.15) is 41.8 Å². The number of rotatable bonds is 11. The number of methoxy groups -OCH3 is 1. The molecule has 0 radical (unpaired) electrons. The van der Waals surface area contributed by atoms with Crippen LogP contribution in [-0.4, -0.2) is 42.3 Å². The summed E-state index contributed by atoms with van der Waals surface area (Å²) in [4.78, 5) is 22.3. The number of carbonyl (C=O) groups is 2. The van der Waals surface area contributed by atoms with Crippen molar-refractivity contribution < 1.29 is 34.0 Å². The molecule has 0 aromatic heterocycles. The molecule has 0 saturated heterocycles. The van der Waals surface area contributed by atoms with E-state index in [1.807, 2.05) is 6.92 Å². The van der Waals surface area contributed by atoms with Crippen LogP contribution < -0.4 is 14.2 Å². The molecule has 7 nitrogen and oxygen atoms in total. The number of hydrogen-bond donors (Lipinski definition) is 2. The largest absolute Gasteiger partial charge is 0.507 e. The minimum Gasteiger partial charge on any atom is -0.507 e. The molecule has 0 bridgehead atoms. The summed E-state index contributed by atoms with van der Waals surface area (Å²) in [5.74, 6) is 0.220. The van der Waals surface area contributed by atoms with Crippen molar-refractivity contribution in [2.45, 2.75) is 26.7 Å². The molecule has 2 aromatic carbocycles. The summed E-state index contributed by atoms with van der Waals surface area (Å²) in [6, 6.07) is 8.32. The molecule has 0 amide bonds. The van der Waals surface area contributed by atoms with Gasteiger partial charge in [-0.05, 0) is 49.2 Å². The van der Waals surface area contributed by atoms with Crippen LogP contribution in [0.2, 0.25) is 0 Å². The van der Waals surface area contributed by atoms with Crippen molar-refractivity contribution >= 4 is 17.8 Å².